The zero-order valence-electron chi connectivity index (χ0n) is 8.36. The van der Waals surface area contributed by atoms with Crippen LogP contribution >= 0.6 is 0 Å². The van der Waals surface area contributed by atoms with E-state index in [0.29, 0.717) is 0 Å². The van der Waals surface area contributed by atoms with Crippen LogP contribution in [0.5, 0.6) is 0 Å². The molecule has 1 atom stereocenters. The number of benzene rings is 1. The number of rotatable bonds is 5. The molecule has 0 saturated heterocycles. The SMILES string of the molecule is CC[C@H](NCC(N)=O)c1ccccc1. The summed E-state index contributed by atoms with van der Waals surface area (Å²) in [6, 6.07) is 10.3. The van der Waals surface area contributed by atoms with Crippen LogP contribution in [0.3, 0.4) is 0 Å². The first kappa shape index (κ1) is 10.7. The van der Waals surface area contributed by atoms with Crippen LogP contribution in [-0.4, -0.2) is 12.5 Å². The van der Waals surface area contributed by atoms with Crippen molar-refractivity contribution < 1.29 is 4.79 Å². The summed E-state index contributed by atoms with van der Waals surface area (Å²) in [6.07, 6.45) is 0.942. The second-order valence-corrected chi connectivity index (χ2v) is 3.22. The highest BCUT2D eigenvalue weighted by Crippen LogP contribution is 2.14. The minimum atomic E-state index is -0.320. The molecule has 0 aliphatic rings. The monoisotopic (exact) mass is 192 g/mol. The molecule has 1 aromatic carbocycles. The van der Waals surface area contributed by atoms with Crippen LogP contribution in [0.25, 0.3) is 0 Å². The minimum absolute atomic E-state index is 0.212. The Hall–Kier alpha value is -1.35. The van der Waals surface area contributed by atoms with Gasteiger partial charge in [0.25, 0.3) is 0 Å². The van der Waals surface area contributed by atoms with Crippen molar-refractivity contribution in [2.45, 2.75) is 19.4 Å². The summed E-state index contributed by atoms with van der Waals surface area (Å²) in [5.74, 6) is -0.320. The Bertz CT molecular complexity index is 285. The van der Waals surface area contributed by atoms with E-state index in [2.05, 4.69) is 12.2 Å². The molecule has 1 amide bonds. The van der Waals surface area contributed by atoms with Crippen molar-refractivity contribution >= 4 is 5.91 Å². The fourth-order valence-corrected chi connectivity index (χ4v) is 1.41. The molecule has 0 unspecified atom stereocenters. The molecule has 0 bridgehead atoms. The summed E-state index contributed by atoms with van der Waals surface area (Å²) in [4.78, 5) is 10.6. The Morgan fingerprint density at radius 3 is 2.57 bits per heavy atom. The molecule has 0 saturated carbocycles. The van der Waals surface area contributed by atoms with Crippen LogP contribution in [0.4, 0.5) is 0 Å². The van der Waals surface area contributed by atoms with Gasteiger partial charge >= 0.3 is 0 Å². The third kappa shape index (κ3) is 3.18. The summed E-state index contributed by atoms with van der Waals surface area (Å²) < 4.78 is 0. The number of nitrogens with one attached hydrogen (secondary N) is 1. The van der Waals surface area contributed by atoms with Crippen molar-refractivity contribution in [3.05, 3.63) is 35.9 Å². The van der Waals surface area contributed by atoms with Gasteiger partial charge in [-0.3, -0.25) is 4.79 Å². The normalized spacial score (nSPS) is 12.4. The van der Waals surface area contributed by atoms with E-state index in [-0.39, 0.29) is 18.5 Å². The second kappa shape index (κ2) is 5.40. The molecule has 1 aromatic rings. The molecule has 3 N–H and O–H groups in total. The van der Waals surface area contributed by atoms with Crippen LogP contribution in [0, 0.1) is 0 Å². The third-order valence-corrected chi connectivity index (χ3v) is 2.13. The predicted molar refractivity (Wildman–Crippen MR) is 56.7 cm³/mol. The van der Waals surface area contributed by atoms with Gasteiger partial charge in [-0.05, 0) is 12.0 Å². The first-order valence-corrected chi connectivity index (χ1v) is 4.80. The van der Waals surface area contributed by atoms with E-state index in [9.17, 15) is 4.79 Å². The maximum atomic E-state index is 10.6. The lowest BCUT2D eigenvalue weighted by atomic mass is 10.0. The molecule has 3 heteroatoms. The molecule has 0 heterocycles. The van der Waals surface area contributed by atoms with Gasteiger partial charge in [0.05, 0.1) is 6.54 Å². The van der Waals surface area contributed by atoms with Gasteiger partial charge in [-0.1, -0.05) is 37.3 Å². The van der Waals surface area contributed by atoms with Crippen molar-refractivity contribution in [2.24, 2.45) is 5.73 Å². The van der Waals surface area contributed by atoms with Gasteiger partial charge in [-0.25, -0.2) is 0 Å². The lowest BCUT2D eigenvalue weighted by molar-refractivity contribution is -0.117. The average molecular weight is 192 g/mol. The number of primary amides is 1. The number of amides is 1. The van der Waals surface area contributed by atoms with Gasteiger partial charge in [0, 0.05) is 6.04 Å². The van der Waals surface area contributed by atoms with Crippen LogP contribution in [0.15, 0.2) is 30.3 Å². The summed E-state index contributed by atoms with van der Waals surface area (Å²) >= 11 is 0. The summed E-state index contributed by atoms with van der Waals surface area (Å²) in [7, 11) is 0. The molecule has 0 spiro atoms. The summed E-state index contributed by atoms with van der Waals surface area (Å²) in [5.41, 5.74) is 6.26. The lowest BCUT2D eigenvalue weighted by Crippen LogP contribution is -2.31. The van der Waals surface area contributed by atoms with Gasteiger partial charge in [0.2, 0.25) is 5.91 Å². The maximum Gasteiger partial charge on any atom is 0.231 e. The zero-order valence-corrected chi connectivity index (χ0v) is 8.36. The Kier molecular flexibility index (Phi) is 4.13. The standard InChI is InChI=1S/C11H16N2O/c1-2-10(13-8-11(12)14)9-6-4-3-5-7-9/h3-7,10,13H,2,8H2,1H3,(H2,12,14)/t10-/m0/s1. The van der Waals surface area contributed by atoms with Gasteiger partial charge in [0.15, 0.2) is 0 Å². The molecule has 0 aliphatic carbocycles. The first-order chi connectivity index (χ1) is 6.74. The van der Waals surface area contributed by atoms with Gasteiger partial charge in [-0.15, -0.1) is 0 Å². The fraction of sp³-hybridized carbons (Fsp3) is 0.364. The highest BCUT2D eigenvalue weighted by atomic mass is 16.1. The minimum Gasteiger partial charge on any atom is -0.369 e. The van der Waals surface area contributed by atoms with E-state index in [0.717, 1.165) is 6.42 Å². The summed E-state index contributed by atoms with van der Waals surface area (Å²) in [5, 5.41) is 3.11. The largest absolute Gasteiger partial charge is 0.369 e. The number of nitrogens with two attached hydrogens (primary N) is 1. The second-order valence-electron chi connectivity index (χ2n) is 3.22. The Morgan fingerprint density at radius 1 is 1.43 bits per heavy atom. The molecule has 3 nitrogen and oxygen atoms in total. The molecular weight excluding hydrogens is 176 g/mol. The highest BCUT2D eigenvalue weighted by molar-refractivity contribution is 5.75. The predicted octanol–water partition coefficient (Wildman–Crippen LogP) is 1.21. The Morgan fingerprint density at radius 2 is 2.07 bits per heavy atom. The summed E-state index contributed by atoms with van der Waals surface area (Å²) in [6.45, 7) is 2.30. The maximum absolute atomic E-state index is 10.6. The smallest absolute Gasteiger partial charge is 0.231 e. The Balaban J connectivity index is 2.58. The van der Waals surface area contributed by atoms with E-state index in [1.54, 1.807) is 0 Å². The molecule has 1 rings (SSSR count). The number of hydrogen-bond acceptors (Lipinski definition) is 2. The molecule has 76 valence electrons. The van der Waals surface area contributed by atoms with Crippen molar-refractivity contribution in [1.82, 2.24) is 5.32 Å². The average Bonchev–Trinajstić information content (AvgIpc) is 2.20. The van der Waals surface area contributed by atoms with Crippen molar-refractivity contribution in [3.63, 3.8) is 0 Å². The van der Waals surface area contributed by atoms with Crippen molar-refractivity contribution in [1.29, 1.82) is 0 Å². The molecule has 0 fully saturated rings. The highest BCUT2D eigenvalue weighted by Gasteiger charge is 2.08. The van der Waals surface area contributed by atoms with Crippen molar-refractivity contribution in [3.8, 4) is 0 Å². The fourth-order valence-electron chi connectivity index (χ4n) is 1.41. The van der Waals surface area contributed by atoms with E-state index in [4.69, 9.17) is 5.73 Å². The van der Waals surface area contributed by atoms with E-state index in [1.165, 1.54) is 5.56 Å². The van der Waals surface area contributed by atoms with Crippen LogP contribution in [0.1, 0.15) is 24.9 Å². The zero-order chi connectivity index (χ0) is 10.4. The van der Waals surface area contributed by atoms with E-state index < -0.39 is 0 Å². The van der Waals surface area contributed by atoms with Gasteiger partial charge in [-0.2, -0.15) is 0 Å². The van der Waals surface area contributed by atoms with Gasteiger partial charge in [0.1, 0.15) is 0 Å². The molecular formula is C11H16N2O. The quantitative estimate of drug-likeness (QED) is 0.736. The number of carbonyl (C=O) groups is 1. The van der Waals surface area contributed by atoms with Crippen LogP contribution in [-0.2, 0) is 4.79 Å². The Labute approximate surface area is 84.3 Å². The van der Waals surface area contributed by atoms with E-state index in [1.807, 2.05) is 30.3 Å². The van der Waals surface area contributed by atoms with Gasteiger partial charge < -0.3 is 11.1 Å². The third-order valence-electron chi connectivity index (χ3n) is 2.13. The lowest BCUT2D eigenvalue weighted by Gasteiger charge is -2.15. The van der Waals surface area contributed by atoms with Crippen molar-refractivity contribution in [2.75, 3.05) is 6.54 Å². The topological polar surface area (TPSA) is 55.1 Å². The molecule has 0 aliphatic heterocycles. The molecule has 14 heavy (non-hydrogen) atoms. The van der Waals surface area contributed by atoms with Crippen LogP contribution in [0.2, 0.25) is 0 Å². The van der Waals surface area contributed by atoms with Crippen LogP contribution < -0.4 is 11.1 Å². The molecule has 0 radical (unpaired) electrons. The van der Waals surface area contributed by atoms with E-state index >= 15 is 0 Å². The number of carbonyl (C=O) groups excluding carboxylic acids is 1. The first-order valence-electron chi connectivity index (χ1n) is 4.80. The number of hydrogen-bond donors (Lipinski definition) is 2. The molecule has 0 aromatic heterocycles.